The largest absolute Gasteiger partial charge is 0.477 e. The van der Waals surface area contributed by atoms with Crippen LogP contribution in [-0.4, -0.2) is 59.5 Å². The fourth-order valence-electron chi connectivity index (χ4n) is 1.15. The Bertz CT molecular complexity index is 647. The van der Waals surface area contributed by atoms with Crippen molar-refractivity contribution >= 4 is 5.97 Å². The van der Waals surface area contributed by atoms with Crippen LogP contribution < -0.4 is 0 Å². The molecule has 0 radical (unpaired) electrons. The van der Waals surface area contributed by atoms with Gasteiger partial charge in [0.2, 0.25) is 0 Å². The van der Waals surface area contributed by atoms with Crippen LogP contribution in [0.3, 0.4) is 0 Å². The maximum absolute atomic E-state index is 13.5. The zero-order valence-electron chi connectivity index (χ0n) is 12.6. The van der Waals surface area contributed by atoms with Gasteiger partial charge >= 0.3 is 54.3 Å². The normalized spacial score (nSPS) is 19.2. The maximum Gasteiger partial charge on any atom is 0.462 e. The highest BCUT2D eigenvalue weighted by molar-refractivity contribution is 5.76. The molecule has 2 atom stereocenters. The van der Waals surface area contributed by atoms with E-state index in [-0.39, 0.29) is 0 Å². The first-order chi connectivity index (χ1) is 12.6. The molecular formula is C9HF17O4. The summed E-state index contributed by atoms with van der Waals surface area (Å²) in [6, 6.07) is 0. The van der Waals surface area contributed by atoms with Crippen molar-refractivity contribution in [2.45, 2.75) is 48.4 Å². The molecule has 0 heterocycles. The van der Waals surface area contributed by atoms with E-state index in [9.17, 15) is 79.4 Å². The summed E-state index contributed by atoms with van der Waals surface area (Å²) in [6.45, 7) is 0. The van der Waals surface area contributed by atoms with Gasteiger partial charge in [-0.05, 0) is 0 Å². The monoisotopic (exact) mass is 496 g/mol. The zero-order valence-corrected chi connectivity index (χ0v) is 12.6. The van der Waals surface area contributed by atoms with Crippen molar-refractivity contribution in [2.24, 2.45) is 0 Å². The minimum atomic E-state index is -8.09. The van der Waals surface area contributed by atoms with Gasteiger partial charge in [0.15, 0.2) is 0 Å². The molecule has 0 amide bonds. The van der Waals surface area contributed by atoms with E-state index in [0.29, 0.717) is 0 Å². The molecule has 0 fully saturated rings. The van der Waals surface area contributed by atoms with E-state index < -0.39 is 54.3 Å². The standard InChI is InChI=1S/C9HF17O4/c10-2(1(27)28,5(14,15)16)29-9(25,26)4(13,7(20,21)22)30-8(23,24)3(11,12)6(17,18)19/h(H,27,28)/t2-,4-/m1/s1. The first-order valence-electron chi connectivity index (χ1n) is 5.96. The second-order valence-corrected chi connectivity index (χ2v) is 4.80. The summed E-state index contributed by atoms with van der Waals surface area (Å²) >= 11 is 0. The van der Waals surface area contributed by atoms with Crippen molar-refractivity contribution in [3.05, 3.63) is 0 Å². The molecule has 0 aromatic heterocycles. The van der Waals surface area contributed by atoms with Crippen LogP contribution in [0.15, 0.2) is 0 Å². The van der Waals surface area contributed by atoms with Gasteiger partial charge in [0.05, 0.1) is 0 Å². The lowest BCUT2D eigenvalue weighted by molar-refractivity contribution is -0.548. The van der Waals surface area contributed by atoms with E-state index in [1.54, 1.807) is 0 Å². The van der Waals surface area contributed by atoms with Gasteiger partial charge in [0, 0.05) is 0 Å². The summed E-state index contributed by atoms with van der Waals surface area (Å²) in [5.74, 6) is -27.3. The summed E-state index contributed by atoms with van der Waals surface area (Å²) in [5, 5.41) is 7.85. The fraction of sp³-hybridized carbons (Fsp3) is 0.889. The van der Waals surface area contributed by atoms with Crippen molar-refractivity contribution in [3.63, 3.8) is 0 Å². The Hall–Kier alpha value is -1.80. The molecule has 0 aromatic carbocycles. The molecule has 0 aliphatic heterocycles. The van der Waals surface area contributed by atoms with E-state index in [1.165, 1.54) is 9.47 Å². The zero-order chi connectivity index (χ0) is 25.0. The number of carbonyl (C=O) groups is 1. The third-order valence-corrected chi connectivity index (χ3v) is 2.64. The summed E-state index contributed by atoms with van der Waals surface area (Å²) in [5.41, 5.74) is 0. The number of halogens is 17. The topological polar surface area (TPSA) is 55.8 Å². The van der Waals surface area contributed by atoms with E-state index in [0.717, 1.165) is 0 Å². The Morgan fingerprint density at radius 3 is 1.13 bits per heavy atom. The predicted molar refractivity (Wildman–Crippen MR) is 50.5 cm³/mol. The lowest BCUT2D eigenvalue weighted by Crippen LogP contribution is -2.68. The first kappa shape index (κ1) is 28.2. The minimum Gasteiger partial charge on any atom is -0.477 e. The molecule has 0 aliphatic rings. The molecule has 0 unspecified atom stereocenters. The number of alkyl halides is 17. The molecule has 0 bridgehead atoms. The SMILES string of the molecule is O=C(O)[C@@](F)(OC(F)(F)[C@](F)(OC(F)(F)C(F)(F)C(F)(F)F)C(F)(F)F)C(F)(F)F. The Morgan fingerprint density at radius 2 is 0.900 bits per heavy atom. The minimum absolute atomic E-state index is 1.19. The van der Waals surface area contributed by atoms with Gasteiger partial charge in [-0.15, -0.1) is 0 Å². The predicted octanol–water partition coefficient (Wildman–Crippen LogP) is 4.94. The molecule has 4 nitrogen and oxygen atoms in total. The molecule has 0 aliphatic carbocycles. The maximum atomic E-state index is 13.5. The number of hydrogen-bond acceptors (Lipinski definition) is 3. The Labute approximate surface area is 150 Å². The van der Waals surface area contributed by atoms with Crippen molar-refractivity contribution in [1.29, 1.82) is 0 Å². The molecule has 0 rings (SSSR count). The van der Waals surface area contributed by atoms with Crippen LogP contribution in [0.4, 0.5) is 74.6 Å². The third-order valence-electron chi connectivity index (χ3n) is 2.64. The highest BCUT2D eigenvalue weighted by Crippen LogP contribution is 2.56. The molecule has 0 spiro atoms. The van der Waals surface area contributed by atoms with E-state index in [4.69, 9.17) is 5.11 Å². The van der Waals surface area contributed by atoms with Crippen molar-refractivity contribution in [1.82, 2.24) is 0 Å². The van der Waals surface area contributed by atoms with Gasteiger partial charge in [-0.25, -0.2) is 4.79 Å². The quantitative estimate of drug-likeness (QED) is 0.508. The van der Waals surface area contributed by atoms with E-state index in [2.05, 4.69) is 0 Å². The highest BCUT2D eigenvalue weighted by Gasteiger charge is 2.85. The van der Waals surface area contributed by atoms with Gasteiger partial charge in [-0.1, -0.05) is 0 Å². The van der Waals surface area contributed by atoms with E-state index >= 15 is 0 Å². The van der Waals surface area contributed by atoms with Gasteiger partial charge in [-0.3, -0.25) is 9.47 Å². The van der Waals surface area contributed by atoms with Crippen LogP contribution in [0.2, 0.25) is 0 Å². The Morgan fingerprint density at radius 1 is 0.533 bits per heavy atom. The fourth-order valence-corrected chi connectivity index (χ4v) is 1.15. The summed E-state index contributed by atoms with van der Waals surface area (Å²) in [6.07, 6.45) is -38.8. The van der Waals surface area contributed by atoms with Gasteiger partial charge in [-0.2, -0.15) is 74.6 Å². The van der Waals surface area contributed by atoms with Crippen molar-refractivity contribution < 1.29 is 94.0 Å². The second-order valence-electron chi connectivity index (χ2n) is 4.80. The van der Waals surface area contributed by atoms with Crippen LogP contribution >= 0.6 is 0 Å². The van der Waals surface area contributed by atoms with Gasteiger partial charge < -0.3 is 5.11 Å². The molecule has 0 aromatic rings. The second kappa shape index (κ2) is 7.12. The average molecular weight is 496 g/mol. The lowest BCUT2D eigenvalue weighted by Gasteiger charge is -2.39. The number of carboxylic acids is 1. The molecule has 30 heavy (non-hydrogen) atoms. The first-order valence-corrected chi connectivity index (χ1v) is 5.96. The molecule has 0 saturated heterocycles. The molecule has 1 N–H and O–H groups in total. The third kappa shape index (κ3) is 4.44. The molecular weight excluding hydrogens is 495 g/mol. The summed E-state index contributed by atoms with van der Waals surface area (Å²) in [7, 11) is 0. The van der Waals surface area contributed by atoms with Crippen molar-refractivity contribution in [3.8, 4) is 0 Å². The Balaban J connectivity index is 6.63. The van der Waals surface area contributed by atoms with Crippen LogP contribution in [0.1, 0.15) is 0 Å². The number of aliphatic carboxylic acids is 1. The van der Waals surface area contributed by atoms with Crippen LogP contribution in [-0.2, 0) is 14.3 Å². The number of hydrogen-bond donors (Lipinski definition) is 1. The smallest absolute Gasteiger partial charge is 0.462 e. The highest BCUT2D eigenvalue weighted by atomic mass is 19.4. The Kier molecular flexibility index (Phi) is 6.70. The summed E-state index contributed by atoms with van der Waals surface area (Å²) in [4.78, 5) is 10.1. The number of rotatable bonds is 7. The number of ether oxygens (including phenoxy) is 2. The molecule has 0 saturated carbocycles. The van der Waals surface area contributed by atoms with Crippen LogP contribution in [0.5, 0.6) is 0 Å². The average Bonchev–Trinajstić information content (AvgIpc) is 2.41. The molecule has 180 valence electrons. The van der Waals surface area contributed by atoms with Gasteiger partial charge in [0.1, 0.15) is 0 Å². The lowest BCUT2D eigenvalue weighted by atomic mass is 10.2. The van der Waals surface area contributed by atoms with Crippen molar-refractivity contribution in [2.75, 3.05) is 0 Å². The molecule has 21 heteroatoms. The van der Waals surface area contributed by atoms with Gasteiger partial charge in [0.25, 0.3) is 0 Å². The number of carboxylic acid groups (broad SMARTS) is 1. The van der Waals surface area contributed by atoms with Crippen LogP contribution in [0.25, 0.3) is 0 Å². The van der Waals surface area contributed by atoms with E-state index in [1.807, 2.05) is 0 Å². The van der Waals surface area contributed by atoms with Crippen LogP contribution in [0, 0.1) is 0 Å². The summed E-state index contributed by atoms with van der Waals surface area (Å²) < 4.78 is 216.